The van der Waals surface area contributed by atoms with Crippen LogP contribution in [0.4, 0.5) is 10.5 Å². The number of rotatable bonds is 2. The normalized spacial score (nSPS) is 14.5. The topological polar surface area (TPSA) is 66.8 Å². The maximum absolute atomic E-state index is 12.3. The van der Waals surface area contributed by atoms with Gasteiger partial charge < -0.3 is 9.84 Å². The van der Waals surface area contributed by atoms with Gasteiger partial charge in [-0.15, -0.1) is 0 Å². The highest BCUT2D eigenvalue weighted by atomic mass is 16.6. The molecule has 1 amide bonds. The summed E-state index contributed by atoms with van der Waals surface area (Å²) in [6.45, 7) is 6.09. The minimum Gasteiger partial charge on any atom is -0.481 e. The van der Waals surface area contributed by atoms with Crippen LogP contribution in [-0.2, 0) is 22.4 Å². The van der Waals surface area contributed by atoms with Crippen LogP contribution in [0.5, 0.6) is 0 Å². The summed E-state index contributed by atoms with van der Waals surface area (Å²) in [4.78, 5) is 24.7. The Hall–Kier alpha value is -2.04. The van der Waals surface area contributed by atoms with Gasteiger partial charge in [0.15, 0.2) is 0 Å². The van der Waals surface area contributed by atoms with Crippen molar-refractivity contribution in [1.29, 1.82) is 0 Å². The minimum atomic E-state index is -0.880. The fourth-order valence-electron chi connectivity index (χ4n) is 2.41. The average molecular weight is 291 g/mol. The molecule has 0 atom stereocenters. The van der Waals surface area contributed by atoms with Crippen molar-refractivity contribution in [3.8, 4) is 0 Å². The third-order valence-electron chi connectivity index (χ3n) is 3.24. The Kier molecular flexibility index (Phi) is 4.21. The number of anilines is 1. The van der Waals surface area contributed by atoms with E-state index in [9.17, 15) is 9.59 Å². The van der Waals surface area contributed by atoms with Gasteiger partial charge in [0.25, 0.3) is 0 Å². The highest BCUT2D eigenvalue weighted by Crippen LogP contribution is 2.29. The van der Waals surface area contributed by atoms with E-state index in [1.165, 1.54) is 0 Å². The lowest BCUT2D eigenvalue weighted by Crippen LogP contribution is -2.39. The summed E-state index contributed by atoms with van der Waals surface area (Å²) in [5, 5.41) is 8.89. The number of amides is 1. The standard InChI is InChI=1S/C16H21NO4/c1-16(2,3)21-15(20)17-8-4-5-12-7-6-11(9-13(12)17)10-14(18)19/h6-7,9H,4-5,8,10H2,1-3H3,(H,18,19). The monoisotopic (exact) mass is 291 g/mol. The van der Waals surface area contributed by atoms with Gasteiger partial charge in [0.2, 0.25) is 0 Å². The molecule has 5 nitrogen and oxygen atoms in total. The molecule has 1 N–H and O–H groups in total. The second kappa shape index (κ2) is 5.76. The highest BCUT2D eigenvalue weighted by Gasteiger charge is 2.27. The Morgan fingerprint density at radius 2 is 2.05 bits per heavy atom. The number of carbonyl (C=O) groups excluding carboxylic acids is 1. The molecule has 0 aliphatic carbocycles. The summed E-state index contributed by atoms with van der Waals surface area (Å²) < 4.78 is 5.43. The summed E-state index contributed by atoms with van der Waals surface area (Å²) in [5.41, 5.74) is 1.97. The van der Waals surface area contributed by atoms with Gasteiger partial charge in [0.1, 0.15) is 5.60 Å². The SMILES string of the molecule is CC(C)(C)OC(=O)N1CCCc2ccc(CC(=O)O)cc21. The van der Waals surface area contributed by atoms with Crippen molar-refractivity contribution < 1.29 is 19.4 Å². The van der Waals surface area contributed by atoms with E-state index in [2.05, 4.69) is 0 Å². The number of nitrogens with zero attached hydrogens (tertiary/aromatic N) is 1. The van der Waals surface area contributed by atoms with E-state index in [1.807, 2.05) is 32.9 Å². The number of fused-ring (bicyclic) bond motifs is 1. The summed E-state index contributed by atoms with van der Waals surface area (Å²) in [7, 11) is 0. The van der Waals surface area contributed by atoms with E-state index in [4.69, 9.17) is 9.84 Å². The first kappa shape index (κ1) is 15.4. The first-order valence-corrected chi connectivity index (χ1v) is 7.10. The zero-order valence-electron chi connectivity index (χ0n) is 12.7. The molecule has 0 saturated carbocycles. The highest BCUT2D eigenvalue weighted by molar-refractivity contribution is 5.89. The first-order chi connectivity index (χ1) is 9.76. The van der Waals surface area contributed by atoms with Crippen molar-refractivity contribution in [2.24, 2.45) is 0 Å². The zero-order chi connectivity index (χ0) is 15.6. The lowest BCUT2D eigenvalue weighted by molar-refractivity contribution is -0.136. The van der Waals surface area contributed by atoms with E-state index in [-0.39, 0.29) is 12.5 Å². The van der Waals surface area contributed by atoms with Gasteiger partial charge in [-0.25, -0.2) is 4.79 Å². The van der Waals surface area contributed by atoms with Gasteiger partial charge in [-0.3, -0.25) is 9.69 Å². The molecule has 0 bridgehead atoms. The number of hydrogen-bond donors (Lipinski definition) is 1. The number of carbonyl (C=O) groups is 2. The van der Waals surface area contributed by atoms with E-state index < -0.39 is 11.6 Å². The largest absolute Gasteiger partial charge is 0.481 e. The third kappa shape index (κ3) is 3.97. The summed E-state index contributed by atoms with van der Waals surface area (Å²) in [6, 6.07) is 5.50. The molecular weight excluding hydrogens is 270 g/mol. The lowest BCUT2D eigenvalue weighted by Gasteiger charge is -2.32. The zero-order valence-corrected chi connectivity index (χ0v) is 12.7. The molecule has 0 saturated heterocycles. The summed E-state index contributed by atoms with van der Waals surface area (Å²) in [5.74, 6) is -0.880. The van der Waals surface area contributed by atoms with Crippen molar-refractivity contribution in [2.45, 2.75) is 45.6 Å². The van der Waals surface area contributed by atoms with Gasteiger partial charge >= 0.3 is 12.1 Å². The molecule has 0 radical (unpaired) electrons. The molecule has 0 fully saturated rings. The van der Waals surface area contributed by atoms with Gasteiger partial charge in [0, 0.05) is 6.54 Å². The van der Waals surface area contributed by atoms with Gasteiger partial charge in [-0.05, 0) is 50.8 Å². The van der Waals surface area contributed by atoms with Crippen LogP contribution in [0.2, 0.25) is 0 Å². The van der Waals surface area contributed by atoms with Crippen molar-refractivity contribution >= 4 is 17.7 Å². The summed E-state index contributed by atoms with van der Waals surface area (Å²) in [6.07, 6.45) is 1.35. The Morgan fingerprint density at radius 3 is 2.67 bits per heavy atom. The molecule has 0 aromatic heterocycles. The second-order valence-electron chi connectivity index (χ2n) is 6.27. The van der Waals surface area contributed by atoms with Crippen molar-refractivity contribution in [2.75, 3.05) is 11.4 Å². The Labute approximate surface area is 124 Å². The molecule has 0 unspecified atom stereocenters. The predicted molar refractivity (Wildman–Crippen MR) is 79.7 cm³/mol. The molecule has 21 heavy (non-hydrogen) atoms. The molecule has 1 heterocycles. The Balaban J connectivity index is 2.28. The maximum atomic E-state index is 12.3. The number of aryl methyl sites for hydroxylation is 1. The van der Waals surface area contributed by atoms with Crippen molar-refractivity contribution in [3.63, 3.8) is 0 Å². The van der Waals surface area contributed by atoms with Crippen LogP contribution in [0.1, 0.15) is 38.3 Å². The quantitative estimate of drug-likeness (QED) is 0.909. The van der Waals surface area contributed by atoms with Crippen LogP contribution in [0.15, 0.2) is 18.2 Å². The van der Waals surface area contributed by atoms with E-state index in [0.717, 1.165) is 24.1 Å². The number of carboxylic acid groups (broad SMARTS) is 1. The van der Waals surface area contributed by atoms with E-state index in [0.29, 0.717) is 12.1 Å². The number of hydrogen-bond acceptors (Lipinski definition) is 3. The molecule has 2 rings (SSSR count). The predicted octanol–water partition coefficient (Wildman–Crippen LogP) is 3.00. The lowest BCUT2D eigenvalue weighted by atomic mass is 9.99. The van der Waals surface area contributed by atoms with Gasteiger partial charge in [0.05, 0.1) is 12.1 Å². The van der Waals surface area contributed by atoms with Crippen molar-refractivity contribution in [1.82, 2.24) is 0 Å². The van der Waals surface area contributed by atoms with Crippen molar-refractivity contribution in [3.05, 3.63) is 29.3 Å². The summed E-state index contributed by atoms with van der Waals surface area (Å²) >= 11 is 0. The molecular formula is C16H21NO4. The van der Waals surface area contributed by atoms with Crippen LogP contribution in [-0.4, -0.2) is 29.3 Å². The molecule has 0 spiro atoms. The van der Waals surface area contributed by atoms with Gasteiger partial charge in [-0.1, -0.05) is 12.1 Å². The fraction of sp³-hybridized carbons (Fsp3) is 0.500. The number of ether oxygens (including phenoxy) is 1. The molecule has 1 aromatic rings. The molecule has 1 aliphatic rings. The Morgan fingerprint density at radius 1 is 1.33 bits per heavy atom. The minimum absolute atomic E-state index is 0.0462. The maximum Gasteiger partial charge on any atom is 0.414 e. The van der Waals surface area contributed by atoms with Crippen LogP contribution in [0, 0.1) is 0 Å². The Bertz CT molecular complexity index is 560. The smallest absolute Gasteiger partial charge is 0.414 e. The number of benzene rings is 1. The van der Waals surface area contributed by atoms with Crippen LogP contribution >= 0.6 is 0 Å². The number of carboxylic acids is 1. The molecule has 1 aliphatic heterocycles. The van der Waals surface area contributed by atoms with Crippen LogP contribution in [0.25, 0.3) is 0 Å². The van der Waals surface area contributed by atoms with Crippen LogP contribution < -0.4 is 4.90 Å². The fourth-order valence-corrected chi connectivity index (χ4v) is 2.41. The van der Waals surface area contributed by atoms with E-state index >= 15 is 0 Å². The first-order valence-electron chi connectivity index (χ1n) is 7.10. The molecule has 1 aromatic carbocycles. The molecule has 114 valence electrons. The van der Waals surface area contributed by atoms with Crippen LogP contribution in [0.3, 0.4) is 0 Å². The third-order valence-corrected chi connectivity index (χ3v) is 3.24. The van der Waals surface area contributed by atoms with Gasteiger partial charge in [-0.2, -0.15) is 0 Å². The second-order valence-corrected chi connectivity index (χ2v) is 6.27. The van der Waals surface area contributed by atoms with E-state index in [1.54, 1.807) is 11.0 Å². The number of aliphatic carboxylic acids is 1. The molecule has 5 heteroatoms. The average Bonchev–Trinajstić information content (AvgIpc) is 2.35.